The number of nitrogens with zero attached hydrogens (tertiary/aromatic N) is 3. The number of carbonyl (C=O) groups is 1. The first-order valence-electron chi connectivity index (χ1n) is 10.9. The molecule has 3 aromatic rings. The summed E-state index contributed by atoms with van der Waals surface area (Å²) in [7, 11) is 5.31. The van der Waals surface area contributed by atoms with Crippen molar-refractivity contribution in [1.29, 1.82) is 0 Å². The Bertz CT molecular complexity index is 1080. The van der Waals surface area contributed by atoms with Gasteiger partial charge in [0.25, 0.3) is 5.91 Å². The number of rotatable bonds is 9. The highest BCUT2D eigenvalue weighted by molar-refractivity contribution is 6.00. The molecule has 1 unspecified atom stereocenters. The van der Waals surface area contributed by atoms with Gasteiger partial charge in [0.2, 0.25) is 0 Å². The number of likely N-dealkylation sites (N-methyl/N-ethyl adjacent to an activating group) is 1. The number of carbonyl (C=O) groups excluding carboxylic acids is 1. The molecule has 7 heteroatoms. The summed E-state index contributed by atoms with van der Waals surface area (Å²) in [4.78, 5) is 15.6. The lowest BCUT2D eigenvalue weighted by Gasteiger charge is -2.24. The van der Waals surface area contributed by atoms with Crippen LogP contribution in [0.5, 0.6) is 11.5 Å². The van der Waals surface area contributed by atoms with Crippen LogP contribution in [-0.2, 0) is 0 Å². The van der Waals surface area contributed by atoms with Crippen molar-refractivity contribution in [2.24, 2.45) is 0 Å². The first-order chi connectivity index (χ1) is 15.5. The summed E-state index contributed by atoms with van der Waals surface area (Å²) in [5, 5.41) is 7.85. The first-order valence-corrected chi connectivity index (χ1v) is 10.9. The van der Waals surface area contributed by atoms with Crippen molar-refractivity contribution in [1.82, 2.24) is 20.0 Å². The number of para-hydroxylation sites is 1. The number of hydrogen-bond donors (Lipinski definition) is 1. The summed E-state index contributed by atoms with van der Waals surface area (Å²) in [6, 6.07) is 16.2. The Balaban J connectivity index is 1.65. The van der Waals surface area contributed by atoms with Crippen molar-refractivity contribution in [3.63, 3.8) is 0 Å². The van der Waals surface area contributed by atoms with E-state index < -0.39 is 0 Å². The van der Waals surface area contributed by atoms with E-state index in [1.165, 1.54) is 12.8 Å². The van der Waals surface area contributed by atoms with Gasteiger partial charge in [-0.3, -0.25) is 9.69 Å². The van der Waals surface area contributed by atoms with Gasteiger partial charge in [-0.15, -0.1) is 0 Å². The maximum Gasteiger partial charge on any atom is 0.255 e. The van der Waals surface area contributed by atoms with Gasteiger partial charge >= 0.3 is 0 Å². The van der Waals surface area contributed by atoms with Gasteiger partial charge in [0, 0.05) is 30.4 Å². The summed E-state index contributed by atoms with van der Waals surface area (Å²) in [5.41, 5.74) is 2.78. The standard InChI is InChI=1S/C25H30N4O3/c1-17(28(2)19-11-12-19)15-26-25(30)21-16-29(20-8-6-5-7-9-20)27-24(21)18-10-13-22(31-3)23(14-18)32-4/h5-10,13-14,16-17,19H,11-12,15H2,1-4H3,(H,26,30). The largest absolute Gasteiger partial charge is 0.493 e. The van der Waals surface area contributed by atoms with Crippen molar-refractivity contribution in [2.45, 2.75) is 31.8 Å². The van der Waals surface area contributed by atoms with Crippen LogP contribution in [0.25, 0.3) is 16.9 Å². The molecule has 0 bridgehead atoms. The van der Waals surface area contributed by atoms with E-state index in [0.717, 1.165) is 11.3 Å². The summed E-state index contributed by atoms with van der Waals surface area (Å²) in [5.74, 6) is 1.07. The van der Waals surface area contributed by atoms with Crippen molar-refractivity contribution in [2.75, 3.05) is 27.8 Å². The smallest absolute Gasteiger partial charge is 0.255 e. The predicted molar refractivity (Wildman–Crippen MR) is 125 cm³/mol. The molecule has 1 fully saturated rings. The number of ether oxygens (including phenoxy) is 2. The van der Waals surface area contributed by atoms with E-state index in [0.29, 0.717) is 35.3 Å². The van der Waals surface area contributed by atoms with Crippen LogP contribution >= 0.6 is 0 Å². The minimum absolute atomic E-state index is 0.145. The molecule has 1 saturated carbocycles. The minimum Gasteiger partial charge on any atom is -0.493 e. The molecule has 1 amide bonds. The molecule has 4 rings (SSSR count). The first kappa shape index (κ1) is 21.9. The molecule has 1 aromatic heterocycles. The van der Waals surface area contributed by atoms with Crippen molar-refractivity contribution < 1.29 is 14.3 Å². The van der Waals surface area contributed by atoms with Gasteiger partial charge in [0.1, 0.15) is 5.69 Å². The molecule has 0 spiro atoms. The molecule has 32 heavy (non-hydrogen) atoms. The van der Waals surface area contributed by atoms with Crippen molar-refractivity contribution >= 4 is 5.91 Å². The minimum atomic E-state index is -0.145. The molecule has 1 aliphatic rings. The van der Waals surface area contributed by atoms with Crippen molar-refractivity contribution in [3.8, 4) is 28.4 Å². The lowest BCUT2D eigenvalue weighted by atomic mass is 10.1. The highest BCUT2D eigenvalue weighted by Gasteiger charge is 2.29. The number of nitrogens with one attached hydrogen (secondary N) is 1. The third kappa shape index (κ3) is 4.62. The summed E-state index contributed by atoms with van der Waals surface area (Å²) in [6.07, 6.45) is 4.26. The quantitative estimate of drug-likeness (QED) is 0.555. The molecular weight excluding hydrogens is 404 g/mol. The second-order valence-corrected chi connectivity index (χ2v) is 8.20. The van der Waals surface area contributed by atoms with Crippen LogP contribution in [0.15, 0.2) is 54.7 Å². The van der Waals surface area contributed by atoms with Gasteiger partial charge < -0.3 is 14.8 Å². The van der Waals surface area contributed by atoms with Gasteiger partial charge in [-0.2, -0.15) is 5.10 Å². The molecule has 0 radical (unpaired) electrons. The number of aromatic nitrogens is 2. The van der Waals surface area contributed by atoms with Crippen LogP contribution in [-0.4, -0.2) is 60.5 Å². The molecule has 1 aliphatic carbocycles. The molecule has 2 aromatic carbocycles. The Morgan fingerprint density at radius 1 is 1.16 bits per heavy atom. The van der Waals surface area contributed by atoms with E-state index in [9.17, 15) is 4.79 Å². The molecular formula is C25H30N4O3. The van der Waals surface area contributed by atoms with E-state index in [-0.39, 0.29) is 11.9 Å². The van der Waals surface area contributed by atoms with Gasteiger partial charge in [-0.05, 0) is 57.1 Å². The van der Waals surface area contributed by atoms with E-state index in [1.54, 1.807) is 25.1 Å². The Morgan fingerprint density at radius 2 is 1.88 bits per heavy atom. The zero-order valence-corrected chi connectivity index (χ0v) is 19.0. The second kappa shape index (κ2) is 9.44. The van der Waals surface area contributed by atoms with Crippen LogP contribution in [0.1, 0.15) is 30.1 Å². The van der Waals surface area contributed by atoms with E-state index >= 15 is 0 Å². The van der Waals surface area contributed by atoms with Crippen LogP contribution in [0.3, 0.4) is 0 Å². The number of benzene rings is 2. The third-order valence-corrected chi connectivity index (χ3v) is 6.01. The monoisotopic (exact) mass is 434 g/mol. The SMILES string of the molecule is COc1ccc(-c2nn(-c3ccccc3)cc2C(=O)NCC(C)N(C)C2CC2)cc1OC. The Hall–Kier alpha value is -3.32. The zero-order valence-electron chi connectivity index (χ0n) is 19.0. The normalized spacial score (nSPS) is 14.3. The molecule has 1 N–H and O–H groups in total. The van der Waals surface area contributed by atoms with Crippen molar-refractivity contribution in [3.05, 3.63) is 60.3 Å². The van der Waals surface area contributed by atoms with Gasteiger partial charge in [0.05, 0.1) is 25.5 Å². The van der Waals surface area contributed by atoms with Crippen LogP contribution < -0.4 is 14.8 Å². The van der Waals surface area contributed by atoms with E-state index in [1.807, 2.05) is 48.5 Å². The molecule has 1 atom stereocenters. The highest BCUT2D eigenvalue weighted by Crippen LogP contribution is 2.33. The third-order valence-electron chi connectivity index (χ3n) is 6.01. The predicted octanol–water partition coefficient (Wildman–Crippen LogP) is 3.77. The lowest BCUT2D eigenvalue weighted by Crippen LogP contribution is -2.41. The van der Waals surface area contributed by atoms with E-state index in [2.05, 4.69) is 24.2 Å². The van der Waals surface area contributed by atoms with Crippen LogP contribution in [0.4, 0.5) is 0 Å². The van der Waals surface area contributed by atoms with Crippen LogP contribution in [0, 0.1) is 0 Å². The molecule has 168 valence electrons. The summed E-state index contributed by atoms with van der Waals surface area (Å²) < 4.78 is 12.6. The molecule has 0 saturated heterocycles. The molecule has 1 heterocycles. The summed E-state index contributed by atoms with van der Waals surface area (Å²) in [6.45, 7) is 2.72. The Labute approximate surface area is 188 Å². The fourth-order valence-corrected chi connectivity index (χ4v) is 3.77. The summed E-state index contributed by atoms with van der Waals surface area (Å²) >= 11 is 0. The number of hydrogen-bond acceptors (Lipinski definition) is 5. The van der Waals surface area contributed by atoms with Gasteiger partial charge in [-0.25, -0.2) is 4.68 Å². The van der Waals surface area contributed by atoms with Crippen LogP contribution in [0.2, 0.25) is 0 Å². The Morgan fingerprint density at radius 3 is 2.53 bits per heavy atom. The highest BCUT2D eigenvalue weighted by atomic mass is 16.5. The van der Waals surface area contributed by atoms with Gasteiger partial charge in [-0.1, -0.05) is 18.2 Å². The topological polar surface area (TPSA) is 68.6 Å². The Kier molecular flexibility index (Phi) is 6.46. The number of amides is 1. The van der Waals surface area contributed by atoms with Gasteiger partial charge in [0.15, 0.2) is 11.5 Å². The average Bonchev–Trinajstić information content (AvgIpc) is 3.59. The maximum atomic E-state index is 13.2. The fourth-order valence-electron chi connectivity index (χ4n) is 3.77. The second-order valence-electron chi connectivity index (χ2n) is 8.20. The fraction of sp³-hybridized carbons (Fsp3) is 0.360. The zero-order chi connectivity index (χ0) is 22.7. The average molecular weight is 435 g/mol. The maximum absolute atomic E-state index is 13.2. The number of methoxy groups -OCH3 is 2. The van der Waals surface area contributed by atoms with E-state index in [4.69, 9.17) is 14.6 Å². The molecule has 7 nitrogen and oxygen atoms in total. The molecule has 0 aliphatic heterocycles. The lowest BCUT2D eigenvalue weighted by molar-refractivity contribution is 0.0940.